The van der Waals surface area contributed by atoms with Crippen LogP contribution in [0.25, 0.3) is 16.9 Å². The summed E-state index contributed by atoms with van der Waals surface area (Å²) >= 11 is 0. The van der Waals surface area contributed by atoms with Gasteiger partial charge in [0.25, 0.3) is 0 Å². The fourth-order valence-corrected chi connectivity index (χ4v) is 3.06. The summed E-state index contributed by atoms with van der Waals surface area (Å²) in [6.07, 6.45) is -1.17. The lowest BCUT2D eigenvalue weighted by atomic mass is 10.1. The van der Waals surface area contributed by atoms with Crippen LogP contribution in [-0.2, 0) is 15.7 Å². The van der Waals surface area contributed by atoms with Gasteiger partial charge in [-0.2, -0.15) is 18.3 Å². The Morgan fingerprint density at radius 1 is 1.14 bits per heavy atom. The Morgan fingerprint density at radius 2 is 1.84 bits per heavy atom. The summed E-state index contributed by atoms with van der Waals surface area (Å²) in [5.74, 6) is -0.642. The molecular formula is C24H32F3N7O3. The predicted octanol–water partition coefficient (Wildman–Crippen LogP) is 5.05. The number of nitrogens with zero attached hydrogens (tertiary/aromatic N) is 4. The van der Waals surface area contributed by atoms with E-state index in [1.54, 1.807) is 26.8 Å². The molecule has 0 unspecified atom stereocenters. The molecule has 0 aromatic carbocycles. The third-order valence-corrected chi connectivity index (χ3v) is 4.61. The Hall–Kier alpha value is -3.90. The molecule has 37 heavy (non-hydrogen) atoms. The number of alkyl carbamates (subject to hydrolysis) is 1. The highest BCUT2D eigenvalue weighted by molar-refractivity contribution is 5.90. The standard InChI is InChI=1S/C22H26F3N7O3.C2H6/c1-21(2,3)35-20(34)27-9-5-4-6-18(33)30-16-12-32-17(29-16)8-7-15(31-32)13-10-14(22(23,24)25)19(26)28-11-13;1-2/h7-8,10-12H,4-6,9H2,1-3H3,(H2,26,28)(H,27,34)(H,30,33);1-2H3. The van der Waals surface area contributed by atoms with Crippen LogP contribution in [0.5, 0.6) is 0 Å². The predicted molar refractivity (Wildman–Crippen MR) is 134 cm³/mol. The number of rotatable bonds is 7. The molecule has 3 aromatic heterocycles. The van der Waals surface area contributed by atoms with Crippen molar-refractivity contribution in [1.82, 2.24) is 24.9 Å². The number of hydrogen-bond acceptors (Lipinski definition) is 7. The number of hydrogen-bond donors (Lipinski definition) is 3. The maximum Gasteiger partial charge on any atom is 0.419 e. The molecule has 0 saturated heterocycles. The minimum absolute atomic E-state index is 0.132. The Morgan fingerprint density at radius 3 is 2.49 bits per heavy atom. The van der Waals surface area contributed by atoms with Crippen LogP contribution in [0.15, 0.2) is 30.6 Å². The van der Waals surface area contributed by atoms with Crippen molar-refractivity contribution in [3.63, 3.8) is 0 Å². The number of nitrogen functional groups attached to an aromatic ring is 1. The van der Waals surface area contributed by atoms with Gasteiger partial charge >= 0.3 is 12.3 Å². The van der Waals surface area contributed by atoms with E-state index in [4.69, 9.17) is 10.5 Å². The summed E-state index contributed by atoms with van der Waals surface area (Å²) in [7, 11) is 0. The van der Waals surface area contributed by atoms with Gasteiger partial charge in [-0.15, -0.1) is 0 Å². The largest absolute Gasteiger partial charge is 0.444 e. The van der Waals surface area contributed by atoms with Crippen LogP contribution in [0.3, 0.4) is 0 Å². The van der Waals surface area contributed by atoms with Gasteiger partial charge in [0.15, 0.2) is 11.5 Å². The van der Waals surface area contributed by atoms with Crippen molar-refractivity contribution in [2.45, 2.75) is 65.7 Å². The SMILES string of the molecule is CC.CC(C)(C)OC(=O)NCCCCC(=O)Nc1cn2nc(-c3cnc(N)c(C(F)(F)F)c3)ccc2n1. The molecule has 0 aliphatic heterocycles. The van der Waals surface area contributed by atoms with Crippen LogP contribution in [0.1, 0.15) is 59.4 Å². The minimum Gasteiger partial charge on any atom is -0.444 e. The first kappa shape index (κ1) is 29.3. The molecule has 0 saturated carbocycles. The van der Waals surface area contributed by atoms with Crippen molar-refractivity contribution in [2.75, 3.05) is 17.6 Å². The summed E-state index contributed by atoms with van der Waals surface area (Å²) in [4.78, 5) is 31.6. The number of anilines is 2. The fraction of sp³-hybridized carbons (Fsp3) is 0.458. The third-order valence-electron chi connectivity index (χ3n) is 4.61. The number of carbonyl (C=O) groups is 2. The van der Waals surface area contributed by atoms with Gasteiger partial charge in [-0.3, -0.25) is 4.79 Å². The topological polar surface area (TPSA) is 137 Å². The van der Waals surface area contributed by atoms with Crippen LogP contribution < -0.4 is 16.4 Å². The number of nitrogens with one attached hydrogen (secondary N) is 2. The van der Waals surface area contributed by atoms with Crippen molar-refractivity contribution in [3.05, 3.63) is 36.2 Å². The van der Waals surface area contributed by atoms with Gasteiger partial charge in [-0.25, -0.2) is 19.3 Å². The number of imidazole rings is 1. The Balaban J connectivity index is 0.00000235. The lowest BCUT2D eigenvalue weighted by Gasteiger charge is -2.19. The lowest BCUT2D eigenvalue weighted by molar-refractivity contribution is -0.137. The first-order chi connectivity index (χ1) is 17.3. The van der Waals surface area contributed by atoms with Gasteiger partial charge in [-0.1, -0.05) is 13.8 Å². The molecule has 2 amide bonds. The summed E-state index contributed by atoms with van der Waals surface area (Å²) in [6, 6.07) is 3.94. The number of halogens is 3. The van der Waals surface area contributed by atoms with Crippen LogP contribution >= 0.6 is 0 Å². The second-order valence-electron chi connectivity index (χ2n) is 8.74. The van der Waals surface area contributed by atoms with Crippen molar-refractivity contribution in [1.29, 1.82) is 0 Å². The lowest BCUT2D eigenvalue weighted by Crippen LogP contribution is -2.33. The first-order valence-corrected chi connectivity index (χ1v) is 11.8. The number of pyridine rings is 1. The molecule has 0 aliphatic carbocycles. The second-order valence-corrected chi connectivity index (χ2v) is 8.74. The molecule has 4 N–H and O–H groups in total. The molecule has 0 spiro atoms. The van der Waals surface area contributed by atoms with E-state index in [-0.39, 0.29) is 29.4 Å². The quantitative estimate of drug-likeness (QED) is 0.369. The van der Waals surface area contributed by atoms with E-state index in [1.807, 2.05) is 13.8 Å². The average Bonchev–Trinajstić information content (AvgIpc) is 3.20. The number of aromatic nitrogens is 4. The molecule has 0 fully saturated rings. The smallest absolute Gasteiger partial charge is 0.419 e. The highest BCUT2D eigenvalue weighted by Crippen LogP contribution is 2.34. The van der Waals surface area contributed by atoms with Crippen molar-refractivity contribution < 1.29 is 27.5 Å². The number of amides is 2. The number of nitrogens with two attached hydrogens (primary N) is 1. The second kappa shape index (κ2) is 12.4. The first-order valence-electron chi connectivity index (χ1n) is 11.8. The zero-order valence-corrected chi connectivity index (χ0v) is 21.4. The van der Waals surface area contributed by atoms with E-state index >= 15 is 0 Å². The number of carbonyl (C=O) groups excluding carboxylic acids is 2. The van der Waals surface area contributed by atoms with E-state index in [0.717, 1.165) is 6.07 Å². The van der Waals surface area contributed by atoms with Gasteiger partial charge < -0.3 is 21.1 Å². The van der Waals surface area contributed by atoms with E-state index in [9.17, 15) is 22.8 Å². The molecule has 0 bridgehead atoms. The number of alkyl halides is 3. The molecule has 3 rings (SSSR count). The van der Waals surface area contributed by atoms with E-state index in [1.165, 1.54) is 23.0 Å². The van der Waals surface area contributed by atoms with Gasteiger partial charge in [0.2, 0.25) is 5.91 Å². The third kappa shape index (κ3) is 8.92. The Bertz CT molecular complexity index is 1220. The number of fused-ring (bicyclic) bond motifs is 1. The van der Waals surface area contributed by atoms with Crippen LogP contribution in [0.2, 0.25) is 0 Å². The molecule has 202 valence electrons. The maximum atomic E-state index is 13.1. The molecule has 0 radical (unpaired) electrons. The fourth-order valence-electron chi connectivity index (χ4n) is 3.06. The van der Waals surface area contributed by atoms with Crippen LogP contribution in [-0.4, -0.2) is 43.7 Å². The summed E-state index contributed by atoms with van der Waals surface area (Å²) in [5, 5.41) is 9.54. The minimum atomic E-state index is -4.64. The molecule has 0 atom stereocenters. The summed E-state index contributed by atoms with van der Waals surface area (Å²) in [6.45, 7) is 9.68. The van der Waals surface area contributed by atoms with Crippen LogP contribution in [0, 0.1) is 0 Å². The highest BCUT2D eigenvalue weighted by atomic mass is 19.4. The van der Waals surface area contributed by atoms with Crippen molar-refractivity contribution in [2.24, 2.45) is 0 Å². The molecule has 10 nitrogen and oxygen atoms in total. The van der Waals surface area contributed by atoms with Gasteiger partial charge in [0.05, 0.1) is 17.5 Å². The highest BCUT2D eigenvalue weighted by Gasteiger charge is 2.34. The number of unbranched alkanes of at least 4 members (excludes halogenated alkanes) is 1. The normalized spacial score (nSPS) is 11.5. The zero-order chi connectivity index (χ0) is 27.8. The maximum absolute atomic E-state index is 13.1. The van der Waals surface area contributed by atoms with Crippen molar-refractivity contribution >= 4 is 29.3 Å². The summed E-state index contributed by atoms with van der Waals surface area (Å²) < 4.78 is 45.9. The van der Waals surface area contributed by atoms with Gasteiger partial charge in [0, 0.05) is 24.7 Å². The van der Waals surface area contributed by atoms with E-state index < -0.39 is 29.3 Å². The monoisotopic (exact) mass is 523 g/mol. The average molecular weight is 524 g/mol. The van der Waals surface area contributed by atoms with Crippen molar-refractivity contribution in [3.8, 4) is 11.3 Å². The Kier molecular flexibility index (Phi) is 9.81. The number of ether oxygens (including phenoxy) is 1. The molecule has 3 heterocycles. The molecular weight excluding hydrogens is 491 g/mol. The molecule has 0 aliphatic rings. The zero-order valence-electron chi connectivity index (χ0n) is 21.4. The summed E-state index contributed by atoms with van der Waals surface area (Å²) in [5.41, 5.74) is 4.48. The molecule has 3 aromatic rings. The van der Waals surface area contributed by atoms with Crippen LogP contribution in [0.4, 0.5) is 29.6 Å². The van der Waals surface area contributed by atoms with E-state index in [0.29, 0.717) is 25.0 Å². The molecule has 13 heteroatoms. The van der Waals surface area contributed by atoms with Gasteiger partial charge in [0.1, 0.15) is 11.4 Å². The Labute approximate surface area is 212 Å². The van der Waals surface area contributed by atoms with Gasteiger partial charge in [-0.05, 0) is 51.8 Å². The van der Waals surface area contributed by atoms with E-state index in [2.05, 4.69) is 25.7 Å².